The number of amides is 1. The molecule has 0 unspecified atom stereocenters. The van der Waals surface area contributed by atoms with Gasteiger partial charge in [0.15, 0.2) is 8.32 Å². The topological polar surface area (TPSA) is 45.9 Å². The highest BCUT2D eigenvalue weighted by Gasteiger charge is 2.39. The van der Waals surface area contributed by atoms with Gasteiger partial charge < -0.3 is 14.6 Å². The number of nitrogens with zero attached hydrogens (tertiary/aromatic N) is 2. The maximum atomic E-state index is 14.4. The van der Waals surface area contributed by atoms with Crippen molar-refractivity contribution >= 4 is 19.9 Å². The fourth-order valence-corrected chi connectivity index (χ4v) is 5.04. The van der Waals surface area contributed by atoms with Gasteiger partial charge in [-0.2, -0.15) is 0 Å². The van der Waals surface area contributed by atoms with Gasteiger partial charge in [0.2, 0.25) is 5.91 Å². The number of piperidine rings is 1. The first-order valence-corrected chi connectivity index (χ1v) is 14.6. The molecule has 0 bridgehead atoms. The van der Waals surface area contributed by atoms with Crippen LogP contribution in [-0.4, -0.2) is 44.0 Å². The molecule has 1 fully saturated rings. The summed E-state index contributed by atoms with van der Waals surface area (Å²) in [6.07, 6.45) is 3.60. The number of nitrogens with one attached hydrogen (secondary N) is 1. The molecule has 1 heterocycles. The summed E-state index contributed by atoms with van der Waals surface area (Å²) >= 11 is 0. The van der Waals surface area contributed by atoms with Crippen LogP contribution >= 0.6 is 0 Å². The molecule has 0 spiro atoms. The molecule has 1 aromatic carbocycles. The Morgan fingerprint density at radius 3 is 2.41 bits per heavy atom. The second kappa shape index (κ2) is 10.3. The lowest BCUT2D eigenvalue weighted by molar-refractivity contribution is -0.133. The van der Waals surface area contributed by atoms with Crippen LogP contribution in [0.1, 0.15) is 65.9 Å². The van der Waals surface area contributed by atoms with Gasteiger partial charge in [0, 0.05) is 45.1 Å². The summed E-state index contributed by atoms with van der Waals surface area (Å²) in [6, 6.07) is 4.96. The van der Waals surface area contributed by atoms with Crippen molar-refractivity contribution in [2.75, 3.05) is 18.4 Å². The van der Waals surface area contributed by atoms with Crippen LogP contribution in [0.25, 0.3) is 4.85 Å². The van der Waals surface area contributed by atoms with Crippen LogP contribution in [0, 0.1) is 12.4 Å². The normalized spacial score (nSPS) is 16.0. The second-order valence-electron chi connectivity index (χ2n) is 10.9. The number of anilines is 1. The van der Waals surface area contributed by atoms with Crippen LogP contribution in [0.4, 0.5) is 10.1 Å². The molecule has 178 valence electrons. The number of benzene rings is 1. The molecule has 0 aliphatic carbocycles. The van der Waals surface area contributed by atoms with E-state index in [1.54, 1.807) is 26.0 Å². The SMILES string of the molecule is [C-]#[N+]C(C)(C)Nc1ccc(CCCC(=O)N2CCC(O[Si](C)(C)C(C)(C)C)CC2)c(F)c1. The summed E-state index contributed by atoms with van der Waals surface area (Å²) < 4.78 is 21.0. The van der Waals surface area contributed by atoms with Gasteiger partial charge in [-0.1, -0.05) is 26.8 Å². The number of rotatable bonds is 8. The van der Waals surface area contributed by atoms with Crippen LogP contribution in [0.2, 0.25) is 18.1 Å². The summed E-state index contributed by atoms with van der Waals surface area (Å²) in [5.74, 6) is -0.153. The lowest BCUT2D eigenvalue weighted by Gasteiger charge is -2.42. The van der Waals surface area contributed by atoms with Gasteiger partial charge in [0.1, 0.15) is 5.82 Å². The Balaban J connectivity index is 1.78. The van der Waals surface area contributed by atoms with Crippen molar-refractivity contribution in [3.8, 4) is 0 Å². The Kier molecular flexibility index (Phi) is 8.52. The summed E-state index contributed by atoms with van der Waals surface area (Å²) in [5, 5.41) is 3.21. The highest BCUT2D eigenvalue weighted by molar-refractivity contribution is 6.74. The lowest BCUT2D eigenvalue weighted by atomic mass is 10.0. The van der Waals surface area contributed by atoms with Gasteiger partial charge in [0.05, 0.1) is 0 Å². The molecule has 1 aliphatic rings. The molecule has 32 heavy (non-hydrogen) atoms. The van der Waals surface area contributed by atoms with Crippen LogP contribution in [0.15, 0.2) is 18.2 Å². The second-order valence-corrected chi connectivity index (χ2v) is 15.7. The molecule has 1 aliphatic heterocycles. The van der Waals surface area contributed by atoms with Crippen LogP contribution in [-0.2, 0) is 15.6 Å². The summed E-state index contributed by atoms with van der Waals surface area (Å²) in [5.41, 5.74) is 0.417. The smallest absolute Gasteiger partial charge is 0.299 e. The van der Waals surface area contributed by atoms with Crippen molar-refractivity contribution in [2.24, 2.45) is 0 Å². The third kappa shape index (κ3) is 7.31. The highest BCUT2D eigenvalue weighted by Crippen LogP contribution is 2.38. The average molecular weight is 462 g/mol. The molecule has 2 rings (SSSR count). The molecule has 7 heteroatoms. The standard InChI is InChI=1S/C25H40FN3O2Si/c1-24(2,3)32(7,8)31-21-14-16-29(17-15-21)23(30)11-9-10-19-12-13-20(18-22(19)26)28-25(4,5)27-6/h12-13,18,21,28H,9-11,14-17H2,1-5,7-8H3. The quantitative estimate of drug-likeness (QED) is 0.369. The minimum Gasteiger partial charge on any atom is -0.414 e. The van der Waals surface area contributed by atoms with E-state index in [1.807, 2.05) is 4.90 Å². The maximum absolute atomic E-state index is 14.4. The number of hydrogen-bond acceptors (Lipinski definition) is 3. The zero-order chi connectivity index (χ0) is 24.2. The summed E-state index contributed by atoms with van der Waals surface area (Å²) in [6.45, 7) is 23.4. The van der Waals surface area contributed by atoms with Crippen molar-refractivity contribution in [1.82, 2.24) is 4.90 Å². The largest absolute Gasteiger partial charge is 0.414 e. The summed E-state index contributed by atoms with van der Waals surface area (Å²) in [7, 11) is -1.78. The number of aryl methyl sites for hydroxylation is 1. The van der Waals surface area contributed by atoms with E-state index >= 15 is 0 Å². The number of halogens is 1. The third-order valence-electron chi connectivity index (χ3n) is 6.68. The van der Waals surface area contributed by atoms with E-state index in [1.165, 1.54) is 6.07 Å². The molecule has 0 aromatic heterocycles. The predicted octanol–water partition coefficient (Wildman–Crippen LogP) is 6.23. The number of carbonyl (C=O) groups is 1. The zero-order valence-electron chi connectivity index (χ0n) is 20.8. The van der Waals surface area contributed by atoms with Crippen LogP contribution < -0.4 is 5.32 Å². The first-order chi connectivity index (χ1) is 14.7. The highest BCUT2D eigenvalue weighted by atomic mass is 28.4. The predicted molar refractivity (Wildman–Crippen MR) is 132 cm³/mol. The molecule has 5 nitrogen and oxygen atoms in total. The van der Waals surface area contributed by atoms with E-state index in [0.29, 0.717) is 30.5 Å². The van der Waals surface area contributed by atoms with Crippen molar-refractivity contribution in [3.05, 3.63) is 41.0 Å². The number of likely N-dealkylation sites (tertiary alicyclic amines) is 1. The Hall–Kier alpha value is -1.91. The molecule has 1 amide bonds. The van der Waals surface area contributed by atoms with Crippen LogP contribution in [0.5, 0.6) is 0 Å². The van der Waals surface area contributed by atoms with Crippen molar-refractivity contribution in [1.29, 1.82) is 0 Å². The molecule has 1 aromatic rings. The van der Waals surface area contributed by atoms with Gasteiger partial charge in [-0.3, -0.25) is 9.64 Å². The lowest BCUT2D eigenvalue weighted by Crippen LogP contribution is -2.48. The van der Waals surface area contributed by atoms with E-state index < -0.39 is 14.0 Å². The molecule has 0 radical (unpaired) electrons. The first kappa shape index (κ1) is 26.3. The fraction of sp³-hybridized carbons (Fsp3) is 0.680. The third-order valence-corrected chi connectivity index (χ3v) is 11.2. The average Bonchev–Trinajstić information content (AvgIpc) is 2.68. The first-order valence-electron chi connectivity index (χ1n) is 11.6. The van der Waals surface area contributed by atoms with E-state index in [2.05, 4.69) is 44.0 Å². The molecule has 1 saturated heterocycles. The Bertz CT molecular complexity index is 835. The fourth-order valence-electron chi connectivity index (χ4n) is 3.61. The van der Waals surface area contributed by atoms with E-state index in [4.69, 9.17) is 11.0 Å². The van der Waals surface area contributed by atoms with Crippen molar-refractivity contribution in [2.45, 2.75) is 96.6 Å². The van der Waals surface area contributed by atoms with E-state index in [0.717, 1.165) is 25.9 Å². The summed E-state index contributed by atoms with van der Waals surface area (Å²) in [4.78, 5) is 18.0. The van der Waals surface area contributed by atoms with Crippen molar-refractivity contribution < 1.29 is 13.6 Å². The minimum atomic E-state index is -1.78. The van der Waals surface area contributed by atoms with Crippen LogP contribution in [0.3, 0.4) is 0 Å². The Morgan fingerprint density at radius 1 is 1.25 bits per heavy atom. The number of hydrogen-bond donors (Lipinski definition) is 1. The molecular weight excluding hydrogens is 421 g/mol. The molecular formula is C25H40FN3O2Si. The molecule has 0 atom stereocenters. The monoisotopic (exact) mass is 461 g/mol. The Morgan fingerprint density at radius 2 is 1.88 bits per heavy atom. The maximum Gasteiger partial charge on any atom is 0.299 e. The van der Waals surface area contributed by atoms with Gasteiger partial charge in [-0.15, -0.1) is 0 Å². The van der Waals surface area contributed by atoms with E-state index in [9.17, 15) is 9.18 Å². The van der Waals surface area contributed by atoms with E-state index in [-0.39, 0.29) is 22.9 Å². The van der Waals surface area contributed by atoms with Crippen molar-refractivity contribution in [3.63, 3.8) is 0 Å². The minimum absolute atomic E-state index is 0.147. The molecule has 0 saturated carbocycles. The number of carbonyl (C=O) groups excluding carboxylic acids is 1. The zero-order valence-corrected chi connectivity index (χ0v) is 21.8. The Labute approximate surface area is 194 Å². The van der Waals surface area contributed by atoms with Gasteiger partial charge in [-0.05, 0) is 61.5 Å². The molecule has 1 N–H and O–H groups in total. The van der Waals surface area contributed by atoms with Gasteiger partial charge in [-0.25, -0.2) is 11.0 Å². The van der Waals surface area contributed by atoms with Gasteiger partial charge >= 0.3 is 0 Å². The van der Waals surface area contributed by atoms with Gasteiger partial charge in [0.25, 0.3) is 5.66 Å².